The molecule has 1 aliphatic rings. The van der Waals surface area contributed by atoms with Gasteiger partial charge in [0.25, 0.3) is 0 Å². The minimum atomic E-state index is -0.00887. The Morgan fingerprint density at radius 2 is 2.05 bits per heavy atom. The molecule has 1 aromatic rings. The van der Waals surface area contributed by atoms with Gasteiger partial charge in [-0.1, -0.05) is 25.0 Å². The number of hydrogen-bond acceptors (Lipinski definition) is 3. The fourth-order valence-corrected chi connectivity index (χ4v) is 3.13. The van der Waals surface area contributed by atoms with Gasteiger partial charge in [-0.15, -0.1) is 0 Å². The van der Waals surface area contributed by atoms with Crippen molar-refractivity contribution in [1.29, 1.82) is 0 Å². The Morgan fingerprint density at radius 3 is 2.76 bits per heavy atom. The summed E-state index contributed by atoms with van der Waals surface area (Å²) in [5.74, 6) is -0.00887. The molecule has 5 heteroatoms. The van der Waals surface area contributed by atoms with E-state index >= 15 is 0 Å². The van der Waals surface area contributed by atoms with Crippen molar-refractivity contribution in [2.75, 3.05) is 32.0 Å². The van der Waals surface area contributed by atoms with Crippen molar-refractivity contribution < 1.29 is 4.79 Å². The van der Waals surface area contributed by atoms with Crippen LogP contribution in [-0.4, -0.2) is 43.5 Å². The first-order valence-corrected chi connectivity index (χ1v) is 8.41. The van der Waals surface area contributed by atoms with E-state index in [1.807, 2.05) is 24.3 Å². The van der Waals surface area contributed by atoms with Crippen LogP contribution in [0.4, 0.5) is 5.69 Å². The van der Waals surface area contributed by atoms with Crippen molar-refractivity contribution in [3.8, 4) is 0 Å². The van der Waals surface area contributed by atoms with Crippen molar-refractivity contribution in [2.45, 2.75) is 31.7 Å². The molecular weight excluding hydrogens is 330 g/mol. The fraction of sp³-hybridized carbons (Fsp3) is 0.562. The fourth-order valence-electron chi connectivity index (χ4n) is 2.74. The quantitative estimate of drug-likeness (QED) is 0.740. The number of nitrogens with zero attached hydrogens (tertiary/aromatic N) is 1. The van der Waals surface area contributed by atoms with E-state index in [-0.39, 0.29) is 5.91 Å². The minimum Gasteiger partial charge on any atom is -0.324 e. The van der Waals surface area contributed by atoms with Crippen molar-refractivity contribution in [2.24, 2.45) is 0 Å². The summed E-state index contributed by atoms with van der Waals surface area (Å²) in [6.07, 6.45) is 5.35. The van der Waals surface area contributed by atoms with Crippen molar-refractivity contribution in [3.63, 3.8) is 0 Å². The lowest BCUT2D eigenvalue weighted by atomic mass is 10.2. The third-order valence-corrected chi connectivity index (χ3v) is 4.71. The van der Waals surface area contributed by atoms with Crippen LogP contribution in [0.5, 0.6) is 0 Å². The summed E-state index contributed by atoms with van der Waals surface area (Å²) in [5, 5.41) is 6.10. The molecule has 0 saturated heterocycles. The molecule has 1 amide bonds. The zero-order valence-corrected chi connectivity index (χ0v) is 14.2. The molecule has 0 aromatic heterocycles. The Bertz CT molecular complexity index is 461. The monoisotopic (exact) mass is 353 g/mol. The van der Waals surface area contributed by atoms with Crippen LogP contribution in [0.15, 0.2) is 28.7 Å². The normalized spacial score (nSPS) is 15.6. The number of rotatable bonds is 7. The van der Waals surface area contributed by atoms with E-state index in [9.17, 15) is 4.79 Å². The van der Waals surface area contributed by atoms with Crippen molar-refractivity contribution in [3.05, 3.63) is 28.7 Å². The number of halogens is 1. The lowest BCUT2D eigenvalue weighted by Gasteiger charge is -2.23. The Kier molecular flexibility index (Phi) is 6.67. The van der Waals surface area contributed by atoms with Gasteiger partial charge in [-0.3, -0.25) is 4.79 Å². The Hall–Kier alpha value is -0.910. The highest BCUT2D eigenvalue weighted by Gasteiger charge is 2.18. The zero-order chi connectivity index (χ0) is 15.1. The van der Waals surface area contributed by atoms with Crippen LogP contribution < -0.4 is 10.6 Å². The summed E-state index contributed by atoms with van der Waals surface area (Å²) >= 11 is 3.42. The summed E-state index contributed by atoms with van der Waals surface area (Å²) < 4.78 is 0.902. The maximum absolute atomic E-state index is 11.9. The molecule has 0 bridgehead atoms. The second kappa shape index (κ2) is 8.51. The first-order valence-electron chi connectivity index (χ1n) is 7.62. The predicted octanol–water partition coefficient (Wildman–Crippen LogP) is 2.85. The third-order valence-electron chi connectivity index (χ3n) is 4.02. The molecule has 116 valence electrons. The van der Waals surface area contributed by atoms with E-state index in [4.69, 9.17) is 0 Å². The van der Waals surface area contributed by atoms with Crippen molar-refractivity contribution in [1.82, 2.24) is 10.2 Å². The summed E-state index contributed by atoms with van der Waals surface area (Å²) in [7, 11) is 2.18. The topological polar surface area (TPSA) is 44.4 Å². The molecule has 1 fully saturated rings. The number of anilines is 1. The molecule has 0 radical (unpaired) electrons. The second-order valence-electron chi connectivity index (χ2n) is 5.62. The molecular formula is C16H24BrN3O. The average Bonchev–Trinajstić information content (AvgIpc) is 3.00. The lowest BCUT2D eigenvalue weighted by molar-refractivity contribution is -0.115. The average molecular weight is 354 g/mol. The van der Waals surface area contributed by atoms with Gasteiger partial charge in [0.2, 0.25) is 5.91 Å². The van der Waals surface area contributed by atoms with Crippen LogP contribution >= 0.6 is 15.9 Å². The first kappa shape index (κ1) is 16.5. The van der Waals surface area contributed by atoms with Crippen LogP contribution in [-0.2, 0) is 4.79 Å². The number of nitrogens with one attached hydrogen (secondary N) is 2. The third kappa shape index (κ3) is 5.41. The van der Waals surface area contributed by atoms with Gasteiger partial charge in [0.1, 0.15) is 0 Å². The molecule has 2 rings (SSSR count). The highest BCUT2D eigenvalue weighted by Crippen LogP contribution is 2.22. The van der Waals surface area contributed by atoms with Gasteiger partial charge in [0.05, 0.1) is 12.2 Å². The molecule has 0 aliphatic heterocycles. The molecule has 1 saturated carbocycles. The second-order valence-corrected chi connectivity index (χ2v) is 6.48. The van der Waals surface area contributed by atoms with Gasteiger partial charge in [-0.2, -0.15) is 0 Å². The predicted molar refractivity (Wildman–Crippen MR) is 90.5 cm³/mol. The molecule has 2 N–H and O–H groups in total. The smallest absolute Gasteiger partial charge is 0.238 e. The van der Waals surface area contributed by atoms with E-state index in [1.54, 1.807) is 0 Å². The zero-order valence-electron chi connectivity index (χ0n) is 12.6. The van der Waals surface area contributed by atoms with E-state index < -0.39 is 0 Å². The van der Waals surface area contributed by atoms with E-state index in [1.165, 1.54) is 25.7 Å². The standard InChI is InChI=1S/C16H24BrN3O/c1-20(13-6-2-3-7-13)11-10-18-12-16(21)19-15-9-5-4-8-14(15)17/h4-5,8-9,13,18H,2-3,6-7,10-12H2,1H3,(H,19,21). The summed E-state index contributed by atoms with van der Waals surface area (Å²) in [4.78, 5) is 14.3. The largest absolute Gasteiger partial charge is 0.324 e. The Morgan fingerprint density at radius 1 is 1.33 bits per heavy atom. The minimum absolute atomic E-state index is 0.00887. The summed E-state index contributed by atoms with van der Waals surface area (Å²) in [5.41, 5.74) is 0.812. The van der Waals surface area contributed by atoms with E-state index in [0.29, 0.717) is 6.54 Å². The first-order chi connectivity index (χ1) is 10.2. The number of carbonyl (C=O) groups excluding carboxylic acids is 1. The maximum Gasteiger partial charge on any atom is 0.238 e. The number of para-hydroxylation sites is 1. The Labute approximate surface area is 135 Å². The van der Waals surface area contributed by atoms with Gasteiger partial charge < -0.3 is 15.5 Å². The van der Waals surface area contributed by atoms with E-state index in [0.717, 1.165) is 29.3 Å². The maximum atomic E-state index is 11.9. The van der Waals surface area contributed by atoms with Crippen LogP contribution in [0.3, 0.4) is 0 Å². The SMILES string of the molecule is CN(CCNCC(=O)Nc1ccccc1Br)C1CCCC1. The number of likely N-dealkylation sites (N-methyl/N-ethyl adjacent to an activating group) is 1. The van der Waals surface area contributed by atoms with Crippen LogP contribution in [0.25, 0.3) is 0 Å². The highest BCUT2D eigenvalue weighted by molar-refractivity contribution is 9.10. The Balaban J connectivity index is 1.62. The van der Waals surface area contributed by atoms with Crippen LogP contribution in [0.2, 0.25) is 0 Å². The number of amides is 1. The lowest BCUT2D eigenvalue weighted by Crippen LogP contribution is -2.37. The van der Waals surface area contributed by atoms with Gasteiger partial charge in [-0.25, -0.2) is 0 Å². The number of benzene rings is 1. The van der Waals surface area contributed by atoms with E-state index in [2.05, 4.69) is 38.5 Å². The summed E-state index contributed by atoms with van der Waals surface area (Å²) in [6.45, 7) is 2.18. The highest BCUT2D eigenvalue weighted by atomic mass is 79.9. The van der Waals surface area contributed by atoms with Gasteiger partial charge in [0.15, 0.2) is 0 Å². The van der Waals surface area contributed by atoms with Crippen LogP contribution in [0.1, 0.15) is 25.7 Å². The molecule has 1 aromatic carbocycles. The molecule has 0 atom stereocenters. The molecule has 0 heterocycles. The number of carbonyl (C=O) groups is 1. The molecule has 0 unspecified atom stereocenters. The molecule has 1 aliphatic carbocycles. The van der Waals surface area contributed by atoms with Crippen molar-refractivity contribution >= 4 is 27.5 Å². The van der Waals surface area contributed by atoms with Gasteiger partial charge in [0, 0.05) is 23.6 Å². The van der Waals surface area contributed by atoms with Gasteiger partial charge in [-0.05, 0) is 48.0 Å². The summed E-state index contributed by atoms with van der Waals surface area (Å²) in [6, 6.07) is 8.37. The molecule has 4 nitrogen and oxygen atoms in total. The van der Waals surface area contributed by atoms with Gasteiger partial charge >= 0.3 is 0 Å². The molecule has 21 heavy (non-hydrogen) atoms. The number of hydrogen-bond donors (Lipinski definition) is 2. The molecule has 0 spiro atoms. The van der Waals surface area contributed by atoms with Crippen LogP contribution in [0, 0.1) is 0 Å².